The molecule has 5 heteroatoms. The molecule has 0 bridgehead atoms. The van der Waals surface area contributed by atoms with Gasteiger partial charge in [0.15, 0.2) is 0 Å². The summed E-state index contributed by atoms with van der Waals surface area (Å²) < 4.78 is 5.81. The van der Waals surface area contributed by atoms with Crippen LogP contribution in [0.15, 0.2) is 0 Å². The maximum Gasteiger partial charge on any atom is 0.221 e. The third kappa shape index (κ3) is 4.92. The fraction of sp³-hybridized carbons (Fsp3) is 0.923. The van der Waals surface area contributed by atoms with Crippen molar-refractivity contribution in [3.63, 3.8) is 0 Å². The predicted molar refractivity (Wildman–Crippen MR) is 72.4 cm³/mol. The average Bonchev–Trinajstić information content (AvgIpc) is 2.42. The summed E-state index contributed by atoms with van der Waals surface area (Å²) >= 11 is 0. The second kappa shape index (κ2) is 8.45. The van der Waals surface area contributed by atoms with E-state index in [9.17, 15) is 4.79 Å². The number of rotatable bonds is 7. The van der Waals surface area contributed by atoms with Crippen LogP contribution in [-0.2, 0) is 9.53 Å². The van der Waals surface area contributed by atoms with Crippen molar-refractivity contribution in [3.05, 3.63) is 0 Å². The molecule has 0 aromatic rings. The molecule has 1 aliphatic heterocycles. The summed E-state index contributed by atoms with van der Waals surface area (Å²) in [7, 11) is 1.67. The average molecular weight is 257 g/mol. The van der Waals surface area contributed by atoms with Gasteiger partial charge in [-0.05, 0) is 25.8 Å². The van der Waals surface area contributed by atoms with Gasteiger partial charge in [-0.2, -0.15) is 0 Å². The SMILES string of the molecule is CCCOC1CCCN(C(CN)CC(=O)NC)C1. The van der Waals surface area contributed by atoms with Crippen LogP contribution in [0.1, 0.15) is 32.6 Å². The normalized spacial score (nSPS) is 22.7. The maximum atomic E-state index is 11.5. The summed E-state index contributed by atoms with van der Waals surface area (Å²) in [5.74, 6) is 0.0575. The summed E-state index contributed by atoms with van der Waals surface area (Å²) in [6.45, 7) is 5.38. The zero-order chi connectivity index (χ0) is 13.4. The molecule has 2 unspecified atom stereocenters. The molecule has 0 saturated carbocycles. The van der Waals surface area contributed by atoms with Crippen LogP contribution in [0.25, 0.3) is 0 Å². The molecule has 2 atom stereocenters. The molecular weight excluding hydrogens is 230 g/mol. The maximum absolute atomic E-state index is 11.5. The lowest BCUT2D eigenvalue weighted by Crippen LogP contribution is -2.50. The first-order valence-electron chi connectivity index (χ1n) is 6.97. The molecule has 1 fully saturated rings. The van der Waals surface area contributed by atoms with E-state index in [4.69, 9.17) is 10.5 Å². The minimum absolute atomic E-state index is 0.0575. The molecule has 1 heterocycles. The number of amides is 1. The van der Waals surface area contributed by atoms with E-state index >= 15 is 0 Å². The summed E-state index contributed by atoms with van der Waals surface area (Å²) in [5, 5.41) is 2.66. The smallest absolute Gasteiger partial charge is 0.221 e. The van der Waals surface area contributed by atoms with E-state index in [-0.39, 0.29) is 11.9 Å². The fourth-order valence-electron chi connectivity index (χ4n) is 2.40. The van der Waals surface area contributed by atoms with Gasteiger partial charge >= 0.3 is 0 Å². The standard InChI is InChI=1S/C13H27N3O2/c1-3-7-18-12-5-4-6-16(10-12)11(9-14)8-13(17)15-2/h11-12H,3-10,14H2,1-2H3,(H,15,17). The van der Waals surface area contributed by atoms with E-state index in [1.165, 1.54) is 0 Å². The van der Waals surface area contributed by atoms with Crippen molar-refractivity contribution in [2.45, 2.75) is 44.8 Å². The Kier molecular flexibility index (Phi) is 7.23. The zero-order valence-electron chi connectivity index (χ0n) is 11.7. The highest BCUT2D eigenvalue weighted by Crippen LogP contribution is 2.17. The van der Waals surface area contributed by atoms with E-state index in [1.54, 1.807) is 7.05 Å². The largest absolute Gasteiger partial charge is 0.377 e. The second-order valence-electron chi connectivity index (χ2n) is 4.90. The summed E-state index contributed by atoms with van der Waals surface area (Å²) in [6.07, 6.45) is 4.08. The zero-order valence-corrected chi connectivity index (χ0v) is 11.7. The second-order valence-corrected chi connectivity index (χ2v) is 4.90. The minimum atomic E-state index is 0.0575. The molecule has 0 aliphatic carbocycles. The molecule has 106 valence electrons. The van der Waals surface area contributed by atoms with E-state index in [0.717, 1.165) is 39.0 Å². The Morgan fingerprint density at radius 1 is 1.61 bits per heavy atom. The highest BCUT2D eigenvalue weighted by atomic mass is 16.5. The lowest BCUT2D eigenvalue weighted by molar-refractivity contribution is -0.122. The first-order valence-corrected chi connectivity index (χ1v) is 6.97. The van der Waals surface area contributed by atoms with Crippen LogP contribution >= 0.6 is 0 Å². The quantitative estimate of drug-likeness (QED) is 0.690. The Bertz CT molecular complexity index is 248. The summed E-state index contributed by atoms with van der Waals surface area (Å²) in [5.41, 5.74) is 5.79. The third-order valence-electron chi connectivity index (χ3n) is 3.46. The van der Waals surface area contributed by atoms with Gasteiger partial charge in [0.2, 0.25) is 5.91 Å². The van der Waals surface area contributed by atoms with Crippen LogP contribution in [-0.4, -0.2) is 56.2 Å². The molecule has 1 amide bonds. The Morgan fingerprint density at radius 3 is 3.00 bits per heavy atom. The van der Waals surface area contributed by atoms with Crippen molar-refractivity contribution in [2.24, 2.45) is 5.73 Å². The molecule has 0 spiro atoms. The molecule has 1 aliphatic rings. The van der Waals surface area contributed by atoms with Crippen LogP contribution in [0.2, 0.25) is 0 Å². The summed E-state index contributed by atoms with van der Waals surface area (Å²) in [4.78, 5) is 13.8. The number of carbonyl (C=O) groups excluding carboxylic acids is 1. The molecule has 0 aromatic carbocycles. The number of hydrogen-bond acceptors (Lipinski definition) is 4. The van der Waals surface area contributed by atoms with Crippen molar-refractivity contribution in [1.29, 1.82) is 0 Å². The number of nitrogens with zero attached hydrogens (tertiary/aromatic N) is 1. The monoisotopic (exact) mass is 257 g/mol. The molecule has 5 nitrogen and oxygen atoms in total. The lowest BCUT2D eigenvalue weighted by Gasteiger charge is -2.37. The molecule has 1 saturated heterocycles. The molecule has 0 radical (unpaired) electrons. The van der Waals surface area contributed by atoms with Crippen LogP contribution in [0.4, 0.5) is 0 Å². The van der Waals surface area contributed by atoms with E-state index in [2.05, 4.69) is 17.1 Å². The van der Waals surface area contributed by atoms with Gasteiger partial charge in [-0.15, -0.1) is 0 Å². The van der Waals surface area contributed by atoms with Crippen LogP contribution in [0, 0.1) is 0 Å². The van der Waals surface area contributed by atoms with Gasteiger partial charge in [-0.3, -0.25) is 9.69 Å². The molecule has 3 N–H and O–H groups in total. The Balaban J connectivity index is 2.44. The highest BCUT2D eigenvalue weighted by molar-refractivity contribution is 5.76. The first-order chi connectivity index (χ1) is 8.71. The predicted octanol–water partition coefficient (Wildman–Crippen LogP) is 0.341. The van der Waals surface area contributed by atoms with Gasteiger partial charge in [0.25, 0.3) is 0 Å². The molecular formula is C13H27N3O2. The number of hydrogen-bond donors (Lipinski definition) is 2. The number of carbonyl (C=O) groups is 1. The van der Waals surface area contributed by atoms with E-state index < -0.39 is 0 Å². The van der Waals surface area contributed by atoms with Crippen molar-refractivity contribution in [1.82, 2.24) is 10.2 Å². The number of ether oxygens (including phenoxy) is 1. The number of piperidine rings is 1. The van der Waals surface area contributed by atoms with Crippen LogP contribution in [0.3, 0.4) is 0 Å². The first kappa shape index (κ1) is 15.4. The summed E-state index contributed by atoms with van der Waals surface area (Å²) in [6, 6.07) is 0.137. The highest BCUT2D eigenvalue weighted by Gasteiger charge is 2.26. The number of nitrogens with one attached hydrogen (secondary N) is 1. The van der Waals surface area contributed by atoms with Gasteiger partial charge in [-0.25, -0.2) is 0 Å². The molecule has 18 heavy (non-hydrogen) atoms. The van der Waals surface area contributed by atoms with E-state index in [1.807, 2.05) is 0 Å². The van der Waals surface area contributed by atoms with Crippen molar-refractivity contribution in [2.75, 3.05) is 33.3 Å². The lowest BCUT2D eigenvalue weighted by atomic mass is 10.0. The van der Waals surface area contributed by atoms with E-state index in [0.29, 0.717) is 19.1 Å². The Hall–Kier alpha value is -0.650. The molecule has 0 aromatic heterocycles. The van der Waals surface area contributed by atoms with Gasteiger partial charge in [-0.1, -0.05) is 6.92 Å². The van der Waals surface area contributed by atoms with Crippen molar-refractivity contribution >= 4 is 5.91 Å². The number of nitrogens with two attached hydrogens (primary N) is 1. The van der Waals surface area contributed by atoms with Crippen molar-refractivity contribution < 1.29 is 9.53 Å². The molecule has 1 rings (SSSR count). The van der Waals surface area contributed by atoms with Crippen LogP contribution in [0.5, 0.6) is 0 Å². The van der Waals surface area contributed by atoms with Crippen LogP contribution < -0.4 is 11.1 Å². The fourth-order valence-corrected chi connectivity index (χ4v) is 2.40. The Morgan fingerprint density at radius 2 is 2.39 bits per heavy atom. The third-order valence-corrected chi connectivity index (χ3v) is 3.46. The van der Waals surface area contributed by atoms with Gasteiger partial charge in [0.05, 0.1) is 6.10 Å². The van der Waals surface area contributed by atoms with Gasteiger partial charge < -0.3 is 15.8 Å². The van der Waals surface area contributed by atoms with Gasteiger partial charge in [0, 0.05) is 39.2 Å². The minimum Gasteiger partial charge on any atom is -0.377 e. The Labute approximate surface area is 110 Å². The topological polar surface area (TPSA) is 67.6 Å². The van der Waals surface area contributed by atoms with Gasteiger partial charge in [0.1, 0.15) is 0 Å². The number of likely N-dealkylation sites (tertiary alicyclic amines) is 1. The van der Waals surface area contributed by atoms with Crippen molar-refractivity contribution in [3.8, 4) is 0 Å².